The second kappa shape index (κ2) is 5.76. The summed E-state index contributed by atoms with van der Waals surface area (Å²) in [6.45, 7) is -0.0232. The summed E-state index contributed by atoms with van der Waals surface area (Å²) in [6.07, 6.45) is -3.01. The molecule has 1 aliphatic heterocycles. The van der Waals surface area contributed by atoms with Gasteiger partial charge >= 0.3 is 12.1 Å². The molecule has 124 valence electrons. The minimum atomic E-state index is -4.98. The second-order valence-corrected chi connectivity index (χ2v) is 5.97. The zero-order valence-electron chi connectivity index (χ0n) is 11.6. The molecule has 0 aliphatic carbocycles. The van der Waals surface area contributed by atoms with Crippen LogP contribution in [0.25, 0.3) is 4.96 Å². The van der Waals surface area contributed by atoms with E-state index >= 15 is 0 Å². The van der Waals surface area contributed by atoms with Gasteiger partial charge in [-0.25, -0.2) is 0 Å². The molecule has 3 heterocycles. The van der Waals surface area contributed by atoms with Crippen LogP contribution in [0.1, 0.15) is 17.8 Å². The molecule has 8 nitrogen and oxygen atoms in total. The molecule has 12 heteroatoms. The number of halogens is 3. The molecule has 2 aromatic heterocycles. The molecule has 1 fully saturated rings. The number of carbonyl (C=O) groups excluding carboxylic acids is 2. The van der Waals surface area contributed by atoms with E-state index in [1.54, 1.807) is 0 Å². The lowest BCUT2D eigenvalue weighted by Gasteiger charge is -2.24. The lowest BCUT2D eigenvalue weighted by Crippen LogP contribution is -2.50. The van der Waals surface area contributed by atoms with Crippen LogP contribution in [0.2, 0.25) is 0 Å². The van der Waals surface area contributed by atoms with Crippen molar-refractivity contribution in [2.24, 2.45) is 0 Å². The van der Waals surface area contributed by atoms with Gasteiger partial charge in [-0.3, -0.25) is 9.59 Å². The van der Waals surface area contributed by atoms with Gasteiger partial charge in [0.1, 0.15) is 17.4 Å². The maximum Gasteiger partial charge on any atom is 0.471 e. The zero-order valence-corrected chi connectivity index (χ0v) is 12.4. The smallest absolute Gasteiger partial charge is 0.348 e. The zero-order chi connectivity index (χ0) is 16.6. The summed E-state index contributed by atoms with van der Waals surface area (Å²) in [7, 11) is 0. The van der Waals surface area contributed by atoms with Crippen LogP contribution in [-0.2, 0) is 16.1 Å². The summed E-state index contributed by atoms with van der Waals surface area (Å²) < 4.78 is 39.0. The summed E-state index contributed by atoms with van der Waals surface area (Å²) in [5.74, 6) is -2.60. The van der Waals surface area contributed by atoms with E-state index in [1.807, 2.05) is 0 Å². The number of hydrogen-bond donors (Lipinski definition) is 1. The van der Waals surface area contributed by atoms with Crippen LogP contribution in [0.15, 0.2) is 6.33 Å². The normalized spacial score (nSPS) is 18.6. The van der Waals surface area contributed by atoms with E-state index in [0.717, 1.165) is 0 Å². The maximum atomic E-state index is 12.5. The number of nitrogens with zero attached hydrogens (tertiary/aromatic N) is 5. The molecule has 1 unspecified atom stereocenters. The Morgan fingerprint density at radius 3 is 2.91 bits per heavy atom. The van der Waals surface area contributed by atoms with Gasteiger partial charge in [-0.05, 0) is 12.8 Å². The molecule has 0 spiro atoms. The summed E-state index contributed by atoms with van der Waals surface area (Å²) in [6, 6.07) is -1.10. The summed E-state index contributed by atoms with van der Waals surface area (Å²) in [5.41, 5.74) is 0. The molecular formula is C11H11F3N6O2S. The fourth-order valence-corrected chi connectivity index (χ4v) is 3.15. The van der Waals surface area contributed by atoms with E-state index in [4.69, 9.17) is 0 Å². The molecule has 0 bridgehead atoms. The molecule has 3 rings (SSSR count). The van der Waals surface area contributed by atoms with Gasteiger partial charge in [-0.1, -0.05) is 11.3 Å². The number of hydrogen-bond acceptors (Lipinski definition) is 6. The number of rotatable bonds is 3. The molecule has 1 N–H and O–H groups in total. The van der Waals surface area contributed by atoms with Gasteiger partial charge < -0.3 is 10.2 Å². The van der Waals surface area contributed by atoms with Crippen molar-refractivity contribution in [1.82, 2.24) is 30.0 Å². The topological polar surface area (TPSA) is 92.5 Å². The van der Waals surface area contributed by atoms with Gasteiger partial charge in [-0.15, -0.1) is 10.2 Å². The molecular weight excluding hydrogens is 337 g/mol. The quantitative estimate of drug-likeness (QED) is 0.864. The van der Waals surface area contributed by atoms with Crippen LogP contribution < -0.4 is 5.32 Å². The molecule has 2 amide bonds. The van der Waals surface area contributed by atoms with Crippen LogP contribution in [0.5, 0.6) is 0 Å². The fourth-order valence-electron chi connectivity index (χ4n) is 2.40. The van der Waals surface area contributed by atoms with Crippen molar-refractivity contribution < 1.29 is 22.8 Å². The number of carbonyl (C=O) groups is 2. The fraction of sp³-hybridized carbons (Fsp3) is 0.545. The molecule has 23 heavy (non-hydrogen) atoms. The monoisotopic (exact) mass is 348 g/mol. The summed E-state index contributed by atoms with van der Waals surface area (Å²) >= 11 is 1.20. The van der Waals surface area contributed by atoms with Crippen LogP contribution in [-0.4, -0.2) is 55.3 Å². The number of likely N-dealkylation sites (tertiary alicyclic amines) is 1. The Morgan fingerprint density at radius 2 is 2.22 bits per heavy atom. The van der Waals surface area contributed by atoms with E-state index in [2.05, 4.69) is 20.6 Å². The van der Waals surface area contributed by atoms with Gasteiger partial charge in [0.05, 0.1) is 6.54 Å². The maximum absolute atomic E-state index is 12.5. The number of alkyl halides is 3. The van der Waals surface area contributed by atoms with Crippen molar-refractivity contribution in [1.29, 1.82) is 0 Å². The highest BCUT2D eigenvalue weighted by molar-refractivity contribution is 7.16. The van der Waals surface area contributed by atoms with E-state index < -0.39 is 24.0 Å². The highest BCUT2D eigenvalue weighted by Gasteiger charge is 2.47. The predicted octanol–water partition coefficient (Wildman–Crippen LogP) is 0.355. The molecule has 0 saturated carbocycles. The Labute approximate surface area is 131 Å². The van der Waals surface area contributed by atoms with Crippen molar-refractivity contribution in [2.45, 2.75) is 31.6 Å². The average Bonchev–Trinajstić information content (AvgIpc) is 3.17. The number of fused-ring (bicyclic) bond motifs is 1. The number of nitrogens with one attached hydrogen (secondary N) is 1. The van der Waals surface area contributed by atoms with Crippen molar-refractivity contribution in [3.8, 4) is 0 Å². The minimum absolute atomic E-state index is 0.0530. The number of amides is 2. The Bertz CT molecular complexity index is 713. The third kappa shape index (κ3) is 3.11. The number of aromatic nitrogens is 4. The van der Waals surface area contributed by atoms with Crippen molar-refractivity contribution in [3.05, 3.63) is 11.3 Å². The largest absolute Gasteiger partial charge is 0.471 e. The lowest BCUT2D eigenvalue weighted by molar-refractivity contribution is -0.186. The second-order valence-electron chi connectivity index (χ2n) is 4.93. The van der Waals surface area contributed by atoms with Crippen LogP contribution in [0, 0.1) is 0 Å². The molecule has 1 atom stereocenters. The third-order valence-corrected chi connectivity index (χ3v) is 4.31. The summed E-state index contributed by atoms with van der Waals surface area (Å²) in [5, 5.41) is 14.6. The molecule has 0 radical (unpaired) electrons. The van der Waals surface area contributed by atoms with Crippen molar-refractivity contribution in [2.75, 3.05) is 6.54 Å². The lowest BCUT2D eigenvalue weighted by atomic mass is 10.2. The average molecular weight is 348 g/mol. The van der Waals surface area contributed by atoms with Crippen LogP contribution >= 0.6 is 11.3 Å². The van der Waals surface area contributed by atoms with Crippen molar-refractivity contribution >= 4 is 28.1 Å². The van der Waals surface area contributed by atoms with E-state index in [1.165, 1.54) is 22.2 Å². The summed E-state index contributed by atoms with van der Waals surface area (Å²) in [4.78, 5) is 24.5. The Morgan fingerprint density at radius 1 is 1.43 bits per heavy atom. The Hall–Kier alpha value is -2.24. The van der Waals surface area contributed by atoms with Gasteiger partial charge in [0.25, 0.3) is 0 Å². The van der Waals surface area contributed by atoms with Gasteiger partial charge in [0, 0.05) is 6.54 Å². The first kappa shape index (κ1) is 15.6. The molecule has 1 aliphatic rings. The standard InChI is InChI=1S/C11H11F3N6O2S/c12-11(13,14)9(22)19-3-1-2-6(19)8(21)15-4-7-18-20-5-16-17-10(20)23-7/h5-6H,1-4H2,(H,15,21). The van der Waals surface area contributed by atoms with Gasteiger partial charge in [-0.2, -0.15) is 22.8 Å². The highest BCUT2D eigenvalue weighted by Crippen LogP contribution is 2.25. The van der Waals surface area contributed by atoms with Crippen LogP contribution in [0.4, 0.5) is 13.2 Å². The van der Waals surface area contributed by atoms with Gasteiger partial charge in [0.15, 0.2) is 0 Å². The van der Waals surface area contributed by atoms with E-state index in [-0.39, 0.29) is 19.5 Å². The first-order valence-corrected chi connectivity index (χ1v) is 7.49. The van der Waals surface area contributed by atoms with E-state index in [0.29, 0.717) is 21.3 Å². The van der Waals surface area contributed by atoms with E-state index in [9.17, 15) is 22.8 Å². The Balaban J connectivity index is 1.63. The highest BCUT2D eigenvalue weighted by atomic mass is 32.1. The predicted molar refractivity (Wildman–Crippen MR) is 71.3 cm³/mol. The van der Waals surface area contributed by atoms with Crippen molar-refractivity contribution in [3.63, 3.8) is 0 Å². The van der Waals surface area contributed by atoms with Gasteiger partial charge in [0.2, 0.25) is 10.9 Å². The third-order valence-electron chi connectivity index (χ3n) is 3.40. The Kier molecular flexibility index (Phi) is 3.92. The molecule has 2 aromatic rings. The minimum Gasteiger partial charge on any atom is -0.348 e. The SMILES string of the molecule is O=C(NCc1nn2cnnc2s1)C1CCCN1C(=O)C(F)(F)F. The molecule has 1 saturated heterocycles. The molecule has 0 aromatic carbocycles. The first-order valence-electron chi connectivity index (χ1n) is 6.67. The first-order chi connectivity index (χ1) is 10.9. The van der Waals surface area contributed by atoms with Crippen LogP contribution in [0.3, 0.4) is 0 Å².